The Morgan fingerprint density at radius 1 is 1.12 bits per heavy atom. The molecule has 1 aliphatic rings. The second kappa shape index (κ2) is 7.96. The van der Waals surface area contributed by atoms with E-state index in [4.69, 9.17) is 0 Å². The van der Waals surface area contributed by atoms with E-state index in [0.29, 0.717) is 24.0 Å². The van der Waals surface area contributed by atoms with E-state index in [1.807, 2.05) is 26.0 Å². The Morgan fingerprint density at radius 2 is 1.84 bits per heavy atom. The van der Waals surface area contributed by atoms with E-state index in [1.165, 1.54) is 24.7 Å². The first-order valence-electron chi connectivity index (χ1n) is 8.84. The van der Waals surface area contributed by atoms with Crippen LogP contribution in [0.15, 0.2) is 36.7 Å². The molecule has 1 amide bonds. The van der Waals surface area contributed by atoms with Crippen molar-refractivity contribution in [2.75, 3.05) is 29.9 Å². The molecule has 1 aromatic carbocycles. The Bertz CT molecular complexity index is 691. The van der Waals surface area contributed by atoms with Gasteiger partial charge in [-0.15, -0.1) is 0 Å². The van der Waals surface area contributed by atoms with Crippen LogP contribution in [0.25, 0.3) is 0 Å². The molecule has 1 fully saturated rings. The highest BCUT2D eigenvalue weighted by molar-refractivity contribution is 5.92. The number of nitrogens with zero attached hydrogens (tertiary/aromatic N) is 3. The molecule has 3 rings (SSSR count). The quantitative estimate of drug-likeness (QED) is 0.846. The first-order chi connectivity index (χ1) is 12.1. The molecule has 1 saturated heterocycles. The van der Waals surface area contributed by atoms with Crippen molar-refractivity contribution in [3.05, 3.63) is 42.4 Å². The van der Waals surface area contributed by atoms with Crippen LogP contribution >= 0.6 is 0 Å². The predicted octanol–water partition coefficient (Wildman–Crippen LogP) is 3.21. The van der Waals surface area contributed by atoms with Crippen molar-refractivity contribution in [2.45, 2.75) is 26.7 Å². The van der Waals surface area contributed by atoms with Crippen LogP contribution in [-0.4, -0.2) is 35.5 Å². The number of nitrogens with one attached hydrogen (secondary N) is 2. The van der Waals surface area contributed by atoms with Crippen LogP contribution in [0.2, 0.25) is 0 Å². The van der Waals surface area contributed by atoms with Crippen LogP contribution in [0.1, 0.15) is 37.2 Å². The van der Waals surface area contributed by atoms with Crippen molar-refractivity contribution in [3.63, 3.8) is 0 Å². The van der Waals surface area contributed by atoms with E-state index in [2.05, 4.69) is 37.6 Å². The number of carbonyl (C=O) groups excluding carboxylic acids is 1. The summed E-state index contributed by atoms with van der Waals surface area (Å²) in [5.41, 5.74) is 2.54. The van der Waals surface area contributed by atoms with E-state index >= 15 is 0 Å². The zero-order valence-corrected chi connectivity index (χ0v) is 14.8. The molecule has 0 bridgehead atoms. The van der Waals surface area contributed by atoms with Gasteiger partial charge in [-0.1, -0.05) is 13.8 Å². The summed E-state index contributed by atoms with van der Waals surface area (Å²) in [6.07, 6.45) is 5.62. The minimum Gasteiger partial charge on any atom is -0.372 e. The van der Waals surface area contributed by atoms with Crippen molar-refractivity contribution in [2.24, 2.45) is 5.92 Å². The summed E-state index contributed by atoms with van der Waals surface area (Å²) >= 11 is 0. The van der Waals surface area contributed by atoms with Crippen LogP contribution in [0.3, 0.4) is 0 Å². The van der Waals surface area contributed by atoms with Crippen LogP contribution < -0.4 is 15.5 Å². The molecule has 0 unspecified atom stereocenters. The van der Waals surface area contributed by atoms with Gasteiger partial charge in [-0.05, 0) is 43.0 Å². The van der Waals surface area contributed by atoms with Crippen LogP contribution in [0, 0.1) is 5.92 Å². The lowest BCUT2D eigenvalue weighted by atomic mass is 10.2. The summed E-state index contributed by atoms with van der Waals surface area (Å²) in [5.74, 6) is 0.832. The topological polar surface area (TPSA) is 70.2 Å². The molecule has 2 aromatic rings. The molecule has 0 saturated carbocycles. The van der Waals surface area contributed by atoms with Crippen molar-refractivity contribution < 1.29 is 4.79 Å². The molecule has 0 radical (unpaired) electrons. The lowest BCUT2D eigenvalue weighted by Gasteiger charge is -2.17. The number of carbonyl (C=O) groups is 1. The lowest BCUT2D eigenvalue weighted by Crippen LogP contribution is -2.28. The molecule has 25 heavy (non-hydrogen) atoms. The Balaban J connectivity index is 1.58. The summed E-state index contributed by atoms with van der Waals surface area (Å²) in [6.45, 7) is 7.00. The molecule has 0 spiro atoms. The first-order valence-corrected chi connectivity index (χ1v) is 8.84. The largest absolute Gasteiger partial charge is 0.372 e. The smallest absolute Gasteiger partial charge is 0.271 e. The van der Waals surface area contributed by atoms with E-state index in [0.717, 1.165) is 18.8 Å². The van der Waals surface area contributed by atoms with Crippen molar-refractivity contribution in [1.82, 2.24) is 15.3 Å². The Morgan fingerprint density at radius 3 is 2.44 bits per heavy atom. The minimum atomic E-state index is -0.192. The summed E-state index contributed by atoms with van der Waals surface area (Å²) < 4.78 is 0. The molecule has 132 valence electrons. The monoisotopic (exact) mass is 339 g/mol. The Labute approximate surface area is 148 Å². The third kappa shape index (κ3) is 4.68. The fraction of sp³-hybridized carbons (Fsp3) is 0.421. The van der Waals surface area contributed by atoms with Gasteiger partial charge in [-0.25, -0.2) is 9.97 Å². The first kappa shape index (κ1) is 17.2. The Kier molecular flexibility index (Phi) is 5.48. The second-order valence-electron chi connectivity index (χ2n) is 6.76. The fourth-order valence-corrected chi connectivity index (χ4v) is 2.78. The number of hydrogen-bond acceptors (Lipinski definition) is 5. The maximum Gasteiger partial charge on any atom is 0.271 e. The molecule has 6 nitrogen and oxygen atoms in total. The van der Waals surface area contributed by atoms with Gasteiger partial charge in [0.05, 0.1) is 12.4 Å². The number of aromatic nitrogens is 2. The molecule has 2 N–H and O–H groups in total. The molecule has 1 aliphatic heterocycles. The highest BCUT2D eigenvalue weighted by Crippen LogP contribution is 2.23. The van der Waals surface area contributed by atoms with E-state index in [1.54, 1.807) is 6.20 Å². The highest BCUT2D eigenvalue weighted by Gasteiger charge is 2.12. The third-order valence-electron chi connectivity index (χ3n) is 4.17. The van der Waals surface area contributed by atoms with Crippen LogP contribution in [0.4, 0.5) is 17.2 Å². The number of amides is 1. The van der Waals surface area contributed by atoms with Crippen molar-refractivity contribution in [1.29, 1.82) is 0 Å². The zero-order chi connectivity index (χ0) is 17.6. The summed E-state index contributed by atoms with van der Waals surface area (Å²) in [4.78, 5) is 22.8. The summed E-state index contributed by atoms with van der Waals surface area (Å²) in [5, 5.41) is 6.05. The van der Waals surface area contributed by atoms with Gasteiger partial charge >= 0.3 is 0 Å². The average molecular weight is 339 g/mol. The number of hydrogen-bond donors (Lipinski definition) is 2. The standard InChI is InChI=1S/C19H25N5O/c1-14(2)11-22-19(25)17-12-21-18(13-20-17)23-15-5-7-16(8-6-15)24-9-3-4-10-24/h5-8,12-14H,3-4,9-11H2,1-2H3,(H,21,23)(H,22,25). The van der Waals surface area contributed by atoms with E-state index < -0.39 is 0 Å². The maximum atomic E-state index is 11.9. The molecule has 6 heteroatoms. The van der Waals surface area contributed by atoms with Crippen LogP contribution in [0.5, 0.6) is 0 Å². The molecule has 2 heterocycles. The van der Waals surface area contributed by atoms with Crippen LogP contribution in [-0.2, 0) is 0 Å². The molecular formula is C19H25N5O. The fourth-order valence-electron chi connectivity index (χ4n) is 2.78. The van der Waals surface area contributed by atoms with E-state index in [9.17, 15) is 4.79 Å². The van der Waals surface area contributed by atoms with Gasteiger partial charge in [0.1, 0.15) is 11.5 Å². The average Bonchev–Trinajstić information content (AvgIpc) is 3.15. The highest BCUT2D eigenvalue weighted by atomic mass is 16.1. The summed E-state index contributed by atoms with van der Waals surface area (Å²) in [6, 6.07) is 8.32. The van der Waals surface area contributed by atoms with Crippen molar-refractivity contribution >= 4 is 23.1 Å². The van der Waals surface area contributed by atoms with Gasteiger partial charge in [0, 0.05) is 31.0 Å². The van der Waals surface area contributed by atoms with Gasteiger partial charge < -0.3 is 15.5 Å². The normalized spacial score (nSPS) is 14.0. The number of benzene rings is 1. The molecule has 1 aromatic heterocycles. The van der Waals surface area contributed by atoms with Gasteiger partial charge in [-0.2, -0.15) is 0 Å². The minimum absolute atomic E-state index is 0.192. The second-order valence-corrected chi connectivity index (χ2v) is 6.76. The number of anilines is 3. The lowest BCUT2D eigenvalue weighted by molar-refractivity contribution is 0.0943. The van der Waals surface area contributed by atoms with Gasteiger partial charge in [-0.3, -0.25) is 4.79 Å². The third-order valence-corrected chi connectivity index (χ3v) is 4.17. The molecular weight excluding hydrogens is 314 g/mol. The van der Waals surface area contributed by atoms with Crippen molar-refractivity contribution in [3.8, 4) is 0 Å². The van der Waals surface area contributed by atoms with E-state index in [-0.39, 0.29) is 5.91 Å². The van der Waals surface area contributed by atoms with Gasteiger partial charge in [0.2, 0.25) is 0 Å². The Hall–Kier alpha value is -2.63. The maximum absolute atomic E-state index is 11.9. The van der Waals surface area contributed by atoms with Gasteiger partial charge in [0.25, 0.3) is 5.91 Å². The summed E-state index contributed by atoms with van der Waals surface area (Å²) in [7, 11) is 0. The molecule has 0 aliphatic carbocycles. The number of rotatable bonds is 6. The molecule has 0 atom stereocenters. The SMILES string of the molecule is CC(C)CNC(=O)c1cnc(Nc2ccc(N3CCCC3)cc2)cn1. The van der Waals surface area contributed by atoms with Gasteiger partial charge in [0.15, 0.2) is 0 Å². The zero-order valence-electron chi connectivity index (χ0n) is 14.8. The predicted molar refractivity (Wildman–Crippen MR) is 100 cm³/mol.